The van der Waals surface area contributed by atoms with Crippen LogP contribution in [0.3, 0.4) is 0 Å². The minimum atomic E-state index is 0. The normalized spacial score (nSPS) is 21.1. The van der Waals surface area contributed by atoms with E-state index < -0.39 is 0 Å². The molecule has 0 saturated heterocycles. The van der Waals surface area contributed by atoms with Gasteiger partial charge in [0, 0.05) is 17.5 Å². The van der Waals surface area contributed by atoms with E-state index in [1.165, 1.54) is 0 Å². The molecule has 2 rings (SSSR count). The maximum Gasteiger partial charge on any atom is 0.163 e. The van der Waals surface area contributed by atoms with Gasteiger partial charge in [0.15, 0.2) is 5.78 Å². The highest BCUT2D eigenvalue weighted by Crippen LogP contribution is 2.27. The van der Waals surface area contributed by atoms with Gasteiger partial charge in [0.25, 0.3) is 0 Å². The van der Waals surface area contributed by atoms with Crippen LogP contribution in [0.1, 0.15) is 24.8 Å². The van der Waals surface area contributed by atoms with E-state index in [4.69, 9.17) is 11.6 Å². The minimum Gasteiger partial charge on any atom is -0.309 e. The smallest absolute Gasteiger partial charge is 0.163 e. The number of rotatable bonds is 3. The second kappa shape index (κ2) is 7.82. The lowest BCUT2D eigenvalue weighted by Crippen LogP contribution is -2.31. The summed E-state index contributed by atoms with van der Waals surface area (Å²) in [5.74, 6) is 0.470. The second-order valence-corrected chi connectivity index (χ2v) is 5.87. The van der Waals surface area contributed by atoms with Crippen LogP contribution in [-0.4, -0.2) is 31.3 Å². The molecular formula is C16H21Cl2NO. The number of halogens is 2. The number of allylic oxidation sites excluding steroid dienone is 1. The number of ketones is 1. The van der Waals surface area contributed by atoms with Crippen LogP contribution < -0.4 is 0 Å². The quantitative estimate of drug-likeness (QED) is 0.784. The van der Waals surface area contributed by atoms with Crippen molar-refractivity contribution < 1.29 is 4.79 Å². The SMILES string of the molecule is CN(C)CC1CCC/C(=C/c2ccc(Cl)cc2)C1=O.Cl. The molecule has 110 valence electrons. The number of nitrogens with zero attached hydrogens (tertiary/aromatic N) is 1. The highest BCUT2D eigenvalue weighted by Gasteiger charge is 2.26. The van der Waals surface area contributed by atoms with E-state index >= 15 is 0 Å². The lowest BCUT2D eigenvalue weighted by molar-refractivity contribution is -0.120. The Labute approximate surface area is 132 Å². The first-order chi connectivity index (χ1) is 9.06. The van der Waals surface area contributed by atoms with E-state index in [1.54, 1.807) is 0 Å². The fourth-order valence-corrected chi connectivity index (χ4v) is 2.70. The summed E-state index contributed by atoms with van der Waals surface area (Å²) in [6.07, 6.45) is 5.02. The zero-order chi connectivity index (χ0) is 13.8. The molecule has 1 atom stereocenters. The van der Waals surface area contributed by atoms with Crippen LogP contribution in [0.25, 0.3) is 6.08 Å². The monoisotopic (exact) mass is 313 g/mol. The maximum atomic E-state index is 12.4. The average molecular weight is 314 g/mol. The molecule has 1 saturated carbocycles. The van der Waals surface area contributed by atoms with Crippen molar-refractivity contribution in [1.29, 1.82) is 0 Å². The summed E-state index contributed by atoms with van der Waals surface area (Å²) >= 11 is 5.87. The standard InChI is InChI=1S/C16H20ClNO.ClH/c1-18(2)11-14-5-3-4-13(16(14)19)10-12-6-8-15(17)9-7-12;/h6-10,14H,3-5,11H2,1-2H3;1H/b13-10-;. The third-order valence-electron chi connectivity index (χ3n) is 3.48. The zero-order valence-corrected chi connectivity index (χ0v) is 13.5. The molecule has 0 spiro atoms. The van der Waals surface area contributed by atoms with Gasteiger partial charge >= 0.3 is 0 Å². The number of carbonyl (C=O) groups is 1. The molecule has 0 radical (unpaired) electrons. The maximum absolute atomic E-state index is 12.4. The third kappa shape index (κ3) is 4.62. The fraction of sp³-hybridized carbons (Fsp3) is 0.438. The lowest BCUT2D eigenvalue weighted by atomic mass is 9.83. The first kappa shape index (κ1) is 17.2. The van der Waals surface area contributed by atoms with Gasteiger partial charge in [-0.2, -0.15) is 0 Å². The summed E-state index contributed by atoms with van der Waals surface area (Å²) in [5, 5.41) is 0.725. The van der Waals surface area contributed by atoms with Crippen molar-refractivity contribution in [1.82, 2.24) is 4.90 Å². The van der Waals surface area contributed by atoms with Crippen LogP contribution in [0.15, 0.2) is 29.8 Å². The van der Waals surface area contributed by atoms with Crippen LogP contribution in [-0.2, 0) is 4.79 Å². The molecule has 1 aliphatic carbocycles. The Kier molecular flexibility index (Phi) is 6.74. The summed E-state index contributed by atoms with van der Waals surface area (Å²) in [6, 6.07) is 7.63. The molecule has 4 heteroatoms. The molecule has 0 aromatic heterocycles. The number of benzene rings is 1. The van der Waals surface area contributed by atoms with E-state index in [9.17, 15) is 4.79 Å². The Morgan fingerprint density at radius 3 is 2.55 bits per heavy atom. The van der Waals surface area contributed by atoms with Crippen molar-refractivity contribution in [2.45, 2.75) is 19.3 Å². The molecule has 20 heavy (non-hydrogen) atoms. The summed E-state index contributed by atoms with van der Waals surface area (Å²) in [4.78, 5) is 14.5. The van der Waals surface area contributed by atoms with Crippen LogP contribution in [0.4, 0.5) is 0 Å². The van der Waals surface area contributed by atoms with Crippen molar-refractivity contribution in [3.63, 3.8) is 0 Å². The summed E-state index contributed by atoms with van der Waals surface area (Å²) in [7, 11) is 4.04. The molecular weight excluding hydrogens is 293 g/mol. The minimum absolute atomic E-state index is 0. The highest BCUT2D eigenvalue weighted by molar-refractivity contribution is 6.30. The molecule has 1 aliphatic rings. The molecule has 0 heterocycles. The fourth-order valence-electron chi connectivity index (χ4n) is 2.57. The molecule has 1 aromatic rings. The summed E-state index contributed by atoms with van der Waals surface area (Å²) < 4.78 is 0. The van der Waals surface area contributed by atoms with Gasteiger partial charge in [0.2, 0.25) is 0 Å². The van der Waals surface area contributed by atoms with Gasteiger partial charge in [0.1, 0.15) is 0 Å². The van der Waals surface area contributed by atoms with Gasteiger partial charge in [-0.25, -0.2) is 0 Å². The van der Waals surface area contributed by atoms with Gasteiger partial charge < -0.3 is 4.90 Å². The second-order valence-electron chi connectivity index (χ2n) is 5.44. The van der Waals surface area contributed by atoms with Crippen molar-refractivity contribution in [3.05, 3.63) is 40.4 Å². The molecule has 0 aliphatic heterocycles. The largest absolute Gasteiger partial charge is 0.309 e. The summed E-state index contributed by atoms with van der Waals surface area (Å²) in [6.45, 7) is 0.844. The zero-order valence-electron chi connectivity index (χ0n) is 11.9. The highest BCUT2D eigenvalue weighted by atomic mass is 35.5. The molecule has 0 bridgehead atoms. The average Bonchev–Trinajstić information content (AvgIpc) is 2.36. The molecule has 2 nitrogen and oxygen atoms in total. The van der Waals surface area contributed by atoms with Gasteiger partial charge in [0.05, 0.1) is 0 Å². The summed E-state index contributed by atoms with van der Waals surface area (Å²) in [5.41, 5.74) is 2.01. The third-order valence-corrected chi connectivity index (χ3v) is 3.73. The Morgan fingerprint density at radius 2 is 1.95 bits per heavy atom. The van der Waals surface area contributed by atoms with Crippen molar-refractivity contribution >= 4 is 35.9 Å². The lowest BCUT2D eigenvalue weighted by Gasteiger charge is -2.25. The van der Waals surface area contributed by atoms with E-state index in [1.807, 2.05) is 44.4 Å². The van der Waals surface area contributed by atoms with E-state index in [-0.39, 0.29) is 18.3 Å². The Hall–Kier alpha value is -0.830. The van der Waals surface area contributed by atoms with Crippen molar-refractivity contribution in [2.24, 2.45) is 5.92 Å². The number of carbonyl (C=O) groups excluding carboxylic acids is 1. The Balaban J connectivity index is 0.00000200. The van der Waals surface area contributed by atoms with Gasteiger partial charge in [-0.1, -0.05) is 23.7 Å². The number of Topliss-reactive ketones (excluding diaryl/α,β-unsaturated/α-hetero) is 1. The van der Waals surface area contributed by atoms with E-state index in [0.717, 1.165) is 42.0 Å². The predicted octanol–water partition coefficient (Wildman–Crippen LogP) is 4.08. The van der Waals surface area contributed by atoms with Gasteiger partial charge in [-0.15, -0.1) is 12.4 Å². The molecule has 1 fully saturated rings. The first-order valence-corrected chi connectivity index (χ1v) is 7.09. The van der Waals surface area contributed by atoms with Gasteiger partial charge in [-0.05, 0) is 62.7 Å². The number of hydrogen-bond donors (Lipinski definition) is 0. The Morgan fingerprint density at radius 1 is 1.30 bits per heavy atom. The topological polar surface area (TPSA) is 20.3 Å². The molecule has 1 aromatic carbocycles. The van der Waals surface area contributed by atoms with Crippen molar-refractivity contribution in [2.75, 3.05) is 20.6 Å². The van der Waals surface area contributed by atoms with Crippen LogP contribution in [0.5, 0.6) is 0 Å². The Bertz CT molecular complexity index is 480. The predicted molar refractivity (Wildman–Crippen MR) is 87.6 cm³/mol. The molecule has 0 amide bonds. The number of hydrogen-bond acceptors (Lipinski definition) is 2. The van der Waals surface area contributed by atoms with Crippen LogP contribution >= 0.6 is 24.0 Å². The van der Waals surface area contributed by atoms with Crippen LogP contribution in [0.2, 0.25) is 5.02 Å². The molecule has 1 unspecified atom stereocenters. The van der Waals surface area contributed by atoms with Crippen molar-refractivity contribution in [3.8, 4) is 0 Å². The molecule has 0 N–H and O–H groups in total. The van der Waals surface area contributed by atoms with Gasteiger partial charge in [-0.3, -0.25) is 4.79 Å². The first-order valence-electron chi connectivity index (χ1n) is 6.71. The van der Waals surface area contributed by atoms with E-state index in [2.05, 4.69) is 4.90 Å². The van der Waals surface area contributed by atoms with E-state index in [0.29, 0.717) is 5.78 Å². The van der Waals surface area contributed by atoms with Crippen LogP contribution in [0, 0.1) is 5.92 Å².